The summed E-state index contributed by atoms with van der Waals surface area (Å²) < 4.78 is 0. The Labute approximate surface area is 110 Å². The fraction of sp³-hybridized carbons (Fsp3) is 0. The van der Waals surface area contributed by atoms with Crippen LogP contribution in [0.5, 0.6) is 0 Å². The van der Waals surface area contributed by atoms with Crippen molar-refractivity contribution in [3.05, 3.63) is 41.8 Å². The first-order valence-corrected chi connectivity index (χ1v) is 5.02. The van der Waals surface area contributed by atoms with E-state index >= 15 is 0 Å². The molecule has 0 aliphatic heterocycles. The van der Waals surface area contributed by atoms with Crippen molar-refractivity contribution in [2.45, 2.75) is 4.90 Å². The molecule has 1 aromatic carbocycles. The number of hydrogen-bond acceptors (Lipinski definition) is 2. The number of thiol groups is 1. The van der Waals surface area contributed by atoms with Gasteiger partial charge in [0.15, 0.2) is 0 Å². The van der Waals surface area contributed by atoms with Gasteiger partial charge in [-0.05, 0) is 17.5 Å². The van der Waals surface area contributed by atoms with Crippen molar-refractivity contribution >= 4 is 53.5 Å². The van der Waals surface area contributed by atoms with Gasteiger partial charge in [0.25, 0.3) is 0 Å². The topological polar surface area (TPSA) is 0 Å². The Morgan fingerprint density at radius 2 is 1.77 bits per heavy atom. The number of hydrogen-bond donors (Lipinski definition) is 1. The Kier molecular flexibility index (Phi) is 4.56. The molecule has 0 aliphatic rings. The van der Waals surface area contributed by atoms with Gasteiger partial charge in [0.2, 0.25) is 0 Å². The van der Waals surface area contributed by atoms with Crippen LogP contribution < -0.4 is 0 Å². The third-order valence-corrected chi connectivity index (χ3v) is 2.98. The van der Waals surface area contributed by atoms with Crippen LogP contribution in [0.15, 0.2) is 46.7 Å². The van der Waals surface area contributed by atoms with Gasteiger partial charge in [0.05, 0.1) is 0 Å². The van der Waals surface area contributed by atoms with Gasteiger partial charge >= 0.3 is 29.6 Å². The van der Waals surface area contributed by atoms with Crippen LogP contribution in [0.3, 0.4) is 0 Å². The second kappa shape index (κ2) is 5.23. The number of thiophene rings is 1. The molecule has 0 spiro atoms. The van der Waals surface area contributed by atoms with Crippen molar-refractivity contribution in [1.29, 1.82) is 0 Å². The molecule has 0 fully saturated rings. The molecular formula is C10H9NaS2. The van der Waals surface area contributed by atoms with Gasteiger partial charge in [0, 0.05) is 15.3 Å². The van der Waals surface area contributed by atoms with E-state index in [1.807, 2.05) is 18.2 Å². The third-order valence-electron chi connectivity index (χ3n) is 1.69. The van der Waals surface area contributed by atoms with E-state index in [9.17, 15) is 0 Å². The van der Waals surface area contributed by atoms with Gasteiger partial charge < -0.3 is 0 Å². The van der Waals surface area contributed by atoms with Crippen LogP contribution in [0.2, 0.25) is 0 Å². The average Bonchev–Trinajstić information content (AvgIpc) is 2.57. The fourth-order valence-electron chi connectivity index (χ4n) is 1.11. The van der Waals surface area contributed by atoms with Crippen LogP contribution in [0.4, 0.5) is 0 Å². The normalized spacial score (nSPS) is 9.31. The van der Waals surface area contributed by atoms with Crippen molar-refractivity contribution < 1.29 is 0 Å². The molecule has 3 heteroatoms. The Morgan fingerprint density at radius 3 is 2.38 bits per heavy atom. The molecule has 0 bridgehead atoms. The Morgan fingerprint density at radius 1 is 1.00 bits per heavy atom. The monoisotopic (exact) mass is 216 g/mol. The molecule has 0 saturated heterocycles. The Balaban J connectivity index is 0.000000845. The molecule has 0 N–H and O–H groups in total. The summed E-state index contributed by atoms with van der Waals surface area (Å²) >= 11 is 6.13. The fourth-order valence-corrected chi connectivity index (χ4v) is 2.24. The van der Waals surface area contributed by atoms with Crippen molar-refractivity contribution in [3.8, 4) is 10.4 Å². The zero-order chi connectivity index (χ0) is 8.39. The van der Waals surface area contributed by atoms with Crippen LogP contribution >= 0.6 is 24.0 Å². The van der Waals surface area contributed by atoms with E-state index in [4.69, 9.17) is 0 Å². The Bertz CT molecular complexity index is 368. The summed E-state index contributed by atoms with van der Waals surface area (Å²) in [5, 5.41) is 2.08. The first-order valence-electron chi connectivity index (χ1n) is 3.70. The first kappa shape index (κ1) is 11.3. The predicted molar refractivity (Wildman–Crippen MR) is 64.2 cm³/mol. The Hall–Kier alpha value is 0.270. The van der Waals surface area contributed by atoms with Gasteiger partial charge in [-0.15, -0.1) is 24.0 Å². The zero-order valence-corrected chi connectivity index (χ0v) is 8.11. The molecule has 0 atom stereocenters. The maximum atomic E-state index is 4.39. The standard InChI is InChI=1S/C10H8S2.Na.H/c11-9-5-2-1-4-8(9)10-6-3-7-12-10;;/h1-7,11H;;. The minimum atomic E-state index is 0. The SMILES string of the molecule is Sc1ccccc1-c1cccs1.[NaH]. The molecule has 0 aliphatic carbocycles. The second-order valence-electron chi connectivity index (χ2n) is 2.49. The summed E-state index contributed by atoms with van der Waals surface area (Å²) in [5.74, 6) is 0. The van der Waals surface area contributed by atoms with Crippen LogP contribution in [0.25, 0.3) is 10.4 Å². The third kappa shape index (κ3) is 2.61. The summed E-state index contributed by atoms with van der Waals surface area (Å²) in [7, 11) is 0. The number of benzene rings is 1. The minimum absolute atomic E-state index is 0. The van der Waals surface area contributed by atoms with Gasteiger partial charge in [-0.25, -0.2) is 0 Å². The molecule has 62 valence electrons. The summed E-state index contributed by atoms with van der Waals surface area (Å²) in [6.07, 6.45) is 0. The molecule has 0 radical (unpaired) electrons. The zero-order valence-electron chi connectivity index (χ0n) is 6.40. The molecular weight excluding hydrogens is 207 g/mol. The quantitative estimate of drug-likeness (QED) is 0.549. The van der Waals surface area contributed by atoms with Crippen LogP contribution in [0.1, 0.15) is 0 Å². The van der Waals surface area contributed by atoms with Crippen LogP contribution in [0, 0.1) is 0 Å². The van der Waals surface area contributed by atoms with Crippen LogP contribution in [-0.2, 0) is 0 Å². The molecule has 0 saturated carbocycles. The maximum absolute atomic E-state index is 4.39. The van der Waals surface area contributed by atoms with Gasteiger partial charge in [-0.2, -0.15) is 0 Å². The second-order valence-corrected chi connectivity index (χ2v) is 3.92. The van der Waals surface area contributed by atoms with Crippen molar-refractivity contribution in [2.24, 2.45) is 0 Å². The van der Waals surface area contributed by atoms with Crippen molar-refractivity contribution in [1.82, 2.24) is 0 Å². The van der Waals surface area contributed by atoms with E-state index in [-0.39, 0.29) is 29.6 Å². The molecule has 2 aromatic rings. The molecule has 0 nitrogen and oxygen atoms in total. The van der Waals surface area contributed by atoms with Crippen molar-refractivity contribution in [3.63, 3.8) is 0 Å². The molecule has 0 unspecified atom stereocenters. The molecule has 1 aromatic heterocycles. The molecule has 2 rings (SSSR count). The van der Waals surface area contributed by atoms with Crippen LogP contribution in [-0.4, -0.2) is 29.6 Å². The van der Waals surface area contributed by atoms with E-state index in [1.54, 1.807) is 11.3 Å². The van der Waals surface area contributed by atoms with Gasteiger partial charge in [0.1, 0.15) is 0 Å². The molecule has 0 amide bonds. The summed E-state index contributed by atoms with van der Waals surface area (Å²) in [5.41, 5.74) is 1.22. The molecule has 13 heavy (non-hydrogen) atoms. The van der Waals surface area contributed by atoms with E-state index in [0.717, 1.165) is 4.90 Å². The van der Waals surface area contributed by atoms with Gasteiger partial charge in [-0.3, -0.25) is 0 Å². The molecule has 1 heterocycles. The summed E-state index contributed by atoms with van der Waals surface area (Å²) in [6.45, 7) is 0. The van der Waals surface area contributed by atoms with E-state index in [1.165, 1.54) is 10.4 Å². The first-order chi connectivity index (χ1) is 5.88. The predicted octanol–water partition coefficient (Wildman–Crippen LogP) is 3.06. The summed E-state index contributed by atoms with van der Waals surface area (Å²) in [4.78, 5) is 2.32. The average molecular weight is 216 g/mol. The van der Waals surface area contributed by atoms with Crippen molar-refractivity contribution in [2.75, 3.05) is 0 Å². The van der Waals surface area contributed by atoms with E-state index < -0.39 is 0 Å². The number of rotatable bonds is 1. The van der Waals surface area contributed by atoms with E-state index in [2.05, 4.69) is 36.2 Å². The van der Waals surface area contributed by atoms with E-state index in [0.29, 0.717) is 0 Å². The van der Waals surface area contributed by atoms with Gasteiger partial charge in [-0.1, -0.05) is 24.3 Å². The summed E-state index contributed by atoms with van der Waals surface area (Å²) in [6, 6.07) is 12.3.